The van der Waals surface area contributed by atoms with Gasteiger partial charge in [0, 0.05) is 53.0 Å². The predicted molar refractivity (Wildman–Crippen MR) is 199 cm³/mol. The highest BCUT2D eigenvalue weighted by molar-refractivity contribution is 7.25. The second-order valence-electron chi connectivity index (χ2n) is 12.0. The number of benzene rings is 7. The summed E-state index contributed by atoms with van der Waals surface area (Å²) in [5.41, 5.74) is 6.88. The standard InChI is InChI=1S/C43H25N3OS/c1-3-11-26(12-4-1)34-25-36-35-23-28(20-22-37(35)47-40(36)33-17-8-7-15-30(33)34)42-44-41(27-13-5-2-6-14-27)45-43(46-42)29-19-21-32-31-16-9-10-18-38(31)48-39(32)24-29/h1-25H. The van der Waals surface area contributed by atoms with Gasteiger partial charge in [-0.2, -0.15) is 0 Å². The quantitative estimate of drug-likeness (QED) is 0.194. The van der Waals surface area contributed by atoms with Crippen molar-refractivity contribution >= 4 is 64.2 Å². The molecular formula is C43H25N3OS. The predicted octanol–water partition coefficient (Wildman–Crippen LogP) is 12.0. The fourth-order valence-electron chi connectivity index (χ4n) is 6.81. The van der Waals surface area contributed by atoms with Gasteiger partial charge in [-0.05, 0) is 52.9 Å². The van der Waals surface area contributed by atoms with Crippen molar-refractivity contribution in [3.05, 3.63) is 152 Å². The van der Waals surface area contributed by atoms with E-state index < -0.39 is 0 Å². The highest BCUT2D eigenvalue weighted by atomic mass is 32.1. The molecule has 0 amide bonds. The Balaban J connectivity index is 1.18. The number of hydrogen-bond donors (Lipinski definition) is 0. The van der Waals surface area contributed by atoms with E-state index in [0.717, 1.165) is 44.0 Å². The van der Waals surface area contributed by atoms with Crippen LogP contribution in [0.5, 0.6) is 0 Å². The first-order chi connectivity index (χ1) is 23.8. The van der Waals surface area contributed by atoms with Crippen LogP contribution >= 0.6 is 11.3 Å². The first-order valence-corrected chi connectivity index (χ1v) is 16.8. The van der Waals surface area contributed by atoms with E-state index in [-0.39, 0.29) is 0 Å². The Morgan fingerprint density at radius 3 is 1.73 bits per heavy atom. The molecule has 0 N–H and O–H groups in total. The molecule has 10 aromatic rings. The average Bonchev–Trinajstić information content (AvgIpc) is 3.73. The molecule has 0 aliphatic rings. The van der Waals surface area contributed by atoms with Crippen LogP contribution in [0.25, 0.3) is 98.2 Å². The molecule has 0 spiro atoms. The van der Waals surface area contributed by atoms with Gasteiger partial charge in [0.2, 0.25) is 0 Å². The van der Waals surface area contributed by atoms with E-state index >= 15 is 0 Å². The Kier molecular flexibility index (Phi) is 6.01. The third-order valence-corrected chi connectivity index (χ3v) is 10.3. The lowest BCUT2D eigenvalue weighted by molar-refractivity contribution is 0.672. The van der Waals surface area contributed by atoms with E-state index in [1.54, 1.807) is 11.3 Å². The molecule has 0 atom stereocenters. The summed E-state index contributed by atoms with van der Waals surface area (Å²) >= 11 is 1.79. The summed E-state index contributed by atoms with van der Waals surface area (Å²) in [6.07, 6.45) is 0. The molecule has 0 aliphatic carbocycles. The molecule has 5 heteroatoms. The maximum absolute atomic E-state index is 6.55. The third-order valence-electron chi connectivity index (χ3n) is 9.12. The Labute approximate surface area is 279 Å². The van der Waals surface area contributed by atoms with Crippen LogP contribution in [0.2, 0.25) is 0 Å². The highest BCUT2D eigenvalue weighted by Gasteiger charge is 2.18. The Morgan fingerprint density at radius 2 is 0.958 bits per heavy atom. The first kappa shape index (κ1) is 27.0. The van der Waals surface area contributed by atoms with E-state index in [1.807, 2.05) is 42.5 Å². The van der Waals surface area contributed by atoms with E-state index in [4.69, 9.17) is 19.4 Å². The summed E-state index contributed by atoms with van der Waals surface area (Å²) in [6.45, 7) is 0. The van der Waals surface area contributed by atoms with Crippen molar-refractivity contribution in [2.45, 2.75) is 0 Å². The smallest absolute Gasteiger partial charge is 0.164 e. The summed E-state index contributed by atoms with van der Waals surface area (Å²) in [6, 6.07) is 52.7. The Hall–Kier alpha value is -6.17. The van der Waals surface area contributed by atoms with Crippen LogP contribution in [0, 0.1) is 0 Å². The lowest BCUT2D eigenvalue weighted by atomic mass is 9.95. The second-order valence-corrected chi connectivity index (χ2v) is 13.1. The lowest BCUT2D eigenvalue weighted by Gasteiger charge is -2.09. The highest BCUT2D eigenvalue weighted by Crippen LogP contribution is 2.41. The monoisotopic (exact) mass is 631 g/mol. The topological polar surface area (TPSA) is 51.8 Å². The SMILES string of the molecule is c1ccc(-c2nc(-c3ccc4c(c3)sc3ccccc34)nc(-c3ccc4oc5c6ccccc6c(-c6ccccc6)cc5c4c3)n2)cc1. The summed E-state index contributed by atoms with van der Waals surface area (Å²) < 4.78 is 9.03. The molecule has 10 rings (SSSR count). The summed E-state index contributed by atoms with van der Waals surface area (Å²) in [7, 11) is 0. The molecular weight excluding hydrogens is 607 g/mol. The fraction of sp³-hybridized carbons (Fsp3) is 0. The average molecular weight is 632 g/mol. The van der Waals surface area contributed by atoms with Gasteiger partial charge in [0.05, 0.1) is 0 Å². The van der Waals surface area contributed by atoms with Crippen molar-refractivity contribution in [2.75, 3.05) is 0 Å². The minimum atomic E-state index is 0.621. The summed E-state index contributed by atoms with van der Waals surface area (Å²) in [4.78, 5) is 15.1. The molecule has 7 aromatic carbocycles. The number of fused-ring (bicyclic) bond motifs is 8. The van der Waals surface area contributed by atoms with E-state index in [1.165, 1.54) is 36.7 Å². The van der Waals surface area contributed by atoms with Crippen molar-refractivity contribution in [3.63, 3.8) is 0 Å². The van der Waals surface area contributed by atoms with Crippen molar-refractivity contribution in [2.24, 2.45) is 0 Å². The molecule has 0 bridgehead atoms. The molecule has 0 radical (unpaired) electrons. The molecule has 0 unspecified atom stereocenters. The van der Waals surface area contributed by atoms with Crippen molar-refractivity contribution in [3.8, 4) is 45.3 Å². The number of hydrogen-bond acceptors (Lipinski definition) is 5. The third kappa shape index (κ3) is 4.33. The van der Waals surface area contributed by atoms with Gasteiger partial charge < -0.3 is 4.42 Å². The molecule has 0 aliphatic heterocycles. The number of thiophene rings is 1. The van der Waals surface area contributed by atoms with Gasteiger partial charge in [0.15, 0.2) is 17.5 Å². The van der Waals surface area contributed by atoms with Crippen molar-refractivity contribution in [1.29, 1.82) is 0 Å². The van der Waals surface area contributed by atoms with Crippen molar-refractivity contribution < 1.29 is 4.42 Å². The molecule has 4 nitrogen and oxygen atoms in total. The molecule has 224 valence electrons. The molecule has 0 saturated carbocycles. The van der Waals surface area contributed by atoms with Crippen LogP contribution < -0.4 is 0 Å². The molecule has 48 heavy (non-hydrogen) atoms. The van der Waals surface area contributed by atoms with E-state index in [2.05, 4.69) is 109 Å². The van der Waals surface area contributed by atoms with Crippen LogP contribution in [-0.2, 0) is 0 Å². The van der Waals surface area contributed by atoms with Gasteiger partial charge in [-0.3, -0.25) is 0 Å². The van der Waals surface area contributed by atoms with Gasteiger partial charge in [0.25, 0.3) is 0 Å². The van der Waals surface area contributed by atoms with Gasteiger partial charge >= 0.3 is 0 Å². The van der Waals surface area contributed by atoms with Crippen LogP contribution in [0.15, 0.2) is 156 Å². The zero-order valence-electron chi connectivity index (χ0n) is 25.6. The van der Waals surface area contributed by atoms with Crippen LogP contribution in [0.4, 0.5) is 0 Å². The fourth-order valence-corrected chi connectivity index (χ4v) is 7.95. The number of furan rings is 1. The molecule has 0 saturated heterocycles. The maximum atomic E-state index is 6.55. The number of aromatic nitrogens is 3. The zero-order chi connectivity index (χ0) is 31.6. The Morgan fingerprint density at radius 1 is 0.375 bits per heavy atom. The lowest BCUT2D eigenvalue weighted by Crippen LogP contribution is -2.00. The van der Waals surface area contributed by atoms with E-state index in [9.17, 15) is 0 Å². The Bertz CT molecular complexity index is 2840. The van der Waals surface area contributed by atoms with Gasteiger partial charge in [-0.15, -0.1) is 11.3 Å². The maximum Gasteiger partial charge on any atom is 0.164 e. The second kappa shape index (κ2) is 10.7. The van der Waals surface area contributed by atoms with Crippen LogP contribution in [0.1, 0.15) is 0 Å². The van der Waals surface area contributed by atoms with Gasteiger partial charge in [-0.25, -0.2) is 15.0 Å². The number of nitrogens with zero attached hydrogens (tertiary/aromatic N) is 3. The molecule has 0 fully saturated rings. The van der Waals surface area contributed by atoms with Gasteiger partial charge in [-0.1, -0.05) is 115 Å². The molecule has 3 heterocycles. The first-order valence-electron chi connectivity index (χ1n) is 15.9. The van der Waals surface area contributed by atoms with Gasteiger partial charge in [0.1, 0.15) is 11.2 Å². The normalized spacial score (nSPS) is 11.8. The van der Waals surface area contributed by atoms with Crippen molar-refractivity contribution in [1.82, 2.24) is 15.0 Å². The zero-order valence-corrected chi connectivity index (χ0v) is 26.4. The summed E-state index contributed by atoms with van der Waals surface area (Å²) in [5.74, 6) is 1.91. The largest absolute Gasteiger partial charge is 0.455 e. The van der Waals surface area contributed by atoms with Crippen LogP contribution in [-0.4, -0.2) is 15.0 Å². The number of rotatable bonds is 4. The minimum Gasteiger partial charge on any atom is -0.455 e. The minimum absolute atomic E-state index is 0.621. The van der Waals surface area contributed by atoms with Crippen LogP contribution in [0.3, 0.4) is 0 Å². The van der Waals surface area contributed by atoms with E-state index in [0.29, 0.717) is 17.5 Å². The summed E-state index contributed by atoms with van der Waals surface area (Å²) in [5, 5.41) is 6.88. The molecule has 3 aromatic heterocycles.